The summed E-state index contributed by atoms with van der Waals surface area (Å²) < 4.78 is 0. The van der Waals surface area contributed by atoms with Crippen LogP contribution in [0.5, 0.6) is 0 Å². The number of carbonyl (C=O) groups excluding carboxylic acids is 1. The molecule has 12 heavy (non-hydrogen) atoms. The first-order valence-electron chi connectivity index (χ1n) is 3.72. The van der Waals surface area contributed by atoms with Gasteiger partial charge in [0.1, 0.15) is 0 Å². The Morgan fingerprint density at radius 1 is 1.33 bits per heavy atom. The minimum Gasteiger partial charge on any atom is -0.294 e. The Labute approximate surface area is 70.2 Å². The molecule has 0 aromatic carbocycles. The van der Waals surface area contributed by atoms with Crippen LogP contribution in [0, 0.1) is 0 Å². The second-order valence-corrected chi connectivity index (χ2v) is 2.52. The summed E-state index contributed by atoms with van der Waals surface area (Å²) in [6.07, 6.45) is 9.06. The number of allylic oxidation sites excluding steroid dienone is 3. The number of aliphatic imine (C=N–C) groups is 1. The van der Waals surface area contributed by atoms with Crippen molar-refractivity contribution in [3.8, 4) is 0 Å². The summed E-state index contributed by atoms with van der Waals surface area (Å²) in [4.78, 5) is 15.2. The molecule has 2 aliphatic rings. The molecule has 0 aromatic heterocycles. The molecular weight excluding hydrogens is 152 g/mol. The number of ketones is 1. The molecule has 0 N–H and O–H groups in total. The van der Waals surface area contributed by atoms with Crippen molar-refractivity contribution in [2.24, 2.45) is 4.99 Å². The van der Waals surface area contributed by atoms with E-state index >= 15 is 0 Å². The van der Waals surface area contributed by atoms with E-state index in [1.807, 2.05) is 12.2 Å². The number of Topliss-reactive ketones (excluding diaryl/α,β-unsaturated/α-hetero) is 1. The van der Waals surface area contributed by atoms with E-state index < -0.39 is 0 Å². The van der Waals surface area contributed by atoms with Gasteiger partial charge in [-0.25, -0.2) is 10.3 Å². The van der Waals surface area contributed by atoms with Crippen molar-refractivity contribution in [2.75, 3.05) is 0 Å². The molecule has 3 heteroatoms. The van der Waals surface area contributed by atoms with Crippen LogP contribution in [0.2, 0.25) is 0 Å². The summed E-state index contributed by atoms with van der Waals surface area (Å²) >= 11 is 0. The fourth-order valence-electron chi connectivity index (χ4n) is 1.12. The van der Waals surface area contributed by atoms with E-state index in [9.17, 15) is 4.79 Å². The highest BCUT2D eigenvalue weighted by Gasteiger charge is 2.17. The fourth-order valence-corrected chi connectivity index (χ4v) is 1.12. The Balaban J connectivity index is 2.27. The van der Waals surface area contributed by atoms with E-state index in [-0.39, 0.29) is 5.78 Å². The number of hydrogen-bond donors (Lipinski definition) is 0. The predicted molar refractivity (Wildman–Crippen MR) is 45.6 cm³/mol. The van der Waals surface area contributed by atoms with Crippen LogP contribution in [0.3, 0.4) is 0 Å². The van der Waals surface area contributed by atoms with Crippen molar-refractivity contribution in [1.82, 2.24) is 5.32 Å². The summed E-state index contributed by atoms with van der Waals surface area (Å²) in [5.74, 6) is 0.619. The first-order valence-corrected chi connectivity index (χ1v) is 3.72. The Morgan fingerprint density at radius 2 is 2.25 bits per heavy atom. The third-order valence-electron chi connectivity index (χ3n) is 1.70. The van der Waals surface area contributed by atoms with Gasteiger partial charge in [0.2, 0.25) is 0 Å². The van der Waals surface area contributed by atoms with Gasteiger partial charge in [-0.05, 0) is 6.08 Å². The average molecular weight is 159 g/mol. The highest BCUT2D eigenvalue weighted by molar-refractivity contribution is 6.23. The van der Waals surface area contributed by atoms with E-state index in [4.69, 9.17) is 0 Å². The Hall–Kier alpha value is -1.64. The van der Waals surface area contributed by atoms with Gasteiger partial charge in [0.15, 0.2) is 11.6 Å². The molecule has 1 radical (unpaired) electrons. The number of hydrogen-bond acceptors (Lipinski definition) is 2. The molecule has 59 valence electrons. The number of amidine groups is 1. The lowest BCUT2D eigenvalue weighted by molar-refractivity contribution is -0.114. The standard InChI is InChI=1S/C9H7N2O/c12-8-4-2-1-3-7(8)9-10-5-6-11-9/h1-3,5-6H,4H2. The van der Waals surface area contributed by atoms with Gasteiger partial charge in [-0.3, -0.25) is 4.79 Å². The van der Waals surface area contributed by atoms with Crippen LogP contribution in [0.15, 0.2) is 41.2 Å². The number of rotatable bonds is 1. The van der Waals surface area contributed by atoms with Crippen LogP contribution in [0.1, 0.15) is 6.42 Å². The molecule has 0 spiro atoms. The highest BCUT2D eigenvalue weighted by atomic mass is 16.1. The Morgan fingerprint density at radius 3 is 2.92 bits per heavy atom. The van der Waals surface area contributed by atoms with Gasteiger partial charge in [0.25, 0.3) is 0 Å². The molecule has 1 aliphatic heterocycles. The van der Waals surface area contributed by atoms with Crippen molar-refractivity contribution in [3.63, 3.8) is 0 Å². The van der Waals surface area contributed by atoms with Gasteiger partial charge in [0.05, 0.1) is 5.57 Å². The second kappa shape index (κ2) is 2.77. The lowest BCUT2D eigenvalue weighted by Gasteiger charge is -2.05. The zero-order valence-electron chi connectivity index (χ0n) is 6.40. The Bertz CT molecular complexity index is 334. The first kappa shape index (κ1) is 7.03. The molecule has 2 rings (SSSR count). The average Bonchev–Trinajstić information content (AvgIpc) is 2.57. The quantitative estimate of drug-likeness (QED) is 0.561. The topological polar surface area (TPSA) is 43.5 Å². The monoisotopic (exact) mass is 159 g/mol. The van der Waals surface area contributed by atoms with Crippen LogP contribution in [0.25, 0.3) is 0 Å². The molecule has 0 saturated carbocycles. The summed E-state index contributed by atoms with van der Waals surface area (Å²) in [5, 5.41) is 3.96. The van der Waals surface area contributed by atoms with Gasteiger partial charge in [0, 0.05) is 18.8 Å². The summed E-state index contributed by atoms with van der Waals surface area (Å²) in [6, 6.07) is 0. The Kier molecular flexibility index (Phi) is 1.63. The molecule has 0 aromatic rings. The van der Waals surface area contributed by atoms with Gasteiger partial charge in [-0.1, -0.05) is 12.2 Å². The fraction of sp³-hybridized carbons (Fsp3) is 0.111. The zero-order valence-corrected chi connectivity index (χ0v) is 6.40. The first-order chi connectivity index (χ1) is 5.88. The summed E-state index contributed by atoms with van der Waals surface area (Å²) in [6.45, 7) is 0. The summed E-state index contributed by atoms with van der Waals surface area (Å²) in [7, 11) is 0. The molecule has 0 amide bonds. The van der Waals surface area contributed by atoms with E-state index in [0.717, 1.165) is 0 Å². The van der Waals surface area contributed by atoms with Gasteiger partial charge < -0.3 is 0 Å². The molecular formula is C9H7N2O. The minimum absolute atomic E-state index is 0.0868. The van der Waals surface area contributed by atoms with Crippen molar-refractivity contribution in [1.29, 1.82) is 0 Å². The SMILES string of the molecule is O=C1CC=CC=C1C1=NC=C[N]1. The molecule has 0 unspecified atom stereocenters. The largest absolute Gasteiger partial charge is 0.294 e. The second-order valence-electron chi connectivity index (χ2n) is 2.52. The van der Waals surface area contributed by atoms with E-state index in [1.165, 1.54) is 0 Å². The highest BCUT2D eigenvalue weighted by Crippen LogP contribution is 2.11. The van der Waals surface area contributed by atoms with Crippen LogP contribution in [-0.2, 0) is 4.79 Å². The predicted octanol–water partition coefficient (Wildman–Crippen LogP) is 0.929. The van der Waals surface area contributed by atoms with Gasteiger partial charge in [-0.15, -0.1) is 0 Å². The van der Waals surface area contributed by atoms with Gasteiger partial charge in [-0.2, -0.15) is 0 Å². The smallest absolute Gasteiger partial charge is 0.170 e. The third-order valence-corrected chi connectivity index (χ3v) is 1.70. The maximum absolute atomic E-state index is 11.3. The van der Waals surface area contributed by atoms with Crippen LogP contribution < -0.4 is 5.32 Å². The lowest BCUT2D eigenvalue weighted by atomic mass is 10.0. The van der Waals surface area contributed by atoms with Crippen molar-refractivity contribution in [2.45, 2.75) is 6.42 Å². The molecule has 0 atom stereocenters. The van der Waals surface area contributed by atoms with E-state index in [1.54, 1.807) is 18.5 Å². The van der Waals surface area contributed by atoms with Crippen LogP contribution in [-0.4, -0.2) is 11.6 Å². The molecule has 1 aliphatic carbocycles. The molecule has 0 bridgehead atoms. The lowest BCUT2D eigenvalue weighted by Crippen LogP contribution is -2.18. The normalized spacial score (nSPS) is 20.5. The van der Waals surface area contributed by atoms with E-state index in [2.05, 4.69) is 10.3 Å². The number of nitrogens with zero attached hydrogens (tertiary/aromatic N) is 2. The van der Waals surface area contributed by atoms with Crippen LogP contribution >= 0.6 is 0 Å². The van der Waals surface area contributed by atoms with Crippen LogP contribution in [0.4, 0.5) is 0 Å². The molecule has 1 heterocycles. The molecule has 0 fully saturated rings. The van der Waals surface area contributed by atoms with E-state index in [0.29, 0.717) is 17.8 Å². The van der Waals surface area contributed by atoms with Crippen molar-refractivity contribution < 1.29 is 4.79 Å². The molecule has 3 nitrogen and oxygen atoms in total. The zero-order chi connectivity index (χ0) is 8.39. The maximum Gasteiger partial charge on any atom is 0.170 e. The number of carbonyl (C=O) groups is 1. The molecule has 0 saturated heterocycles. The van der Waals surface area contributed by atoms with Crippen molar-refractivity contribution >= 4 is 11.6 Å². The third kappa shape index (κ3) is 1.09. The van der Waals surface area contributed by atoms with Crippen molar-refractivity contribution in [3.05, 3.63) is 36.2 Å². The maximum atomic E-state index is 11.3. The minimum atomic E-state index is 0.0868. The van der Waals surface area contributed by atoms with Gasteiger partial charge >= 0.3 is 0 Å². The summed E-state index contributed by atoms with van der Waals surface area (Å²) in [5.41, 5.74) is 0.613.